The average molecular weight is 551 g/mol. The van der Waals surface area contributed by atoms with Crippen LogP contribution in [0.5, 0.6) is 0 Å². The number of ether oxygens (including phenoxy) is 1. The molecule has 0 atom stereocenters. The Bertz CT molecular complexity index is 1490. The number of methoxy groups -OCH3 is 1. The van der Waals surface area contributed by atoms with Gasteiger partial charge in [0.15, 0.2) is 5.82 Å². The summed E-state index contributed by atoms with van der Waals surface area (Å²) < 4.78 is 37.1. The Kier molecular flexibility index (Phi) is 8.15. The standard InChI is InChI=1S/C28H32F2N8O2/c1-4-18-14-31-28(32-15-18)37-9-7-20(8-10-37)38-16-22(30)24-25(33-17-34-26(24)38)35-23-6-5-19(13-21(23)29)27(39)36(2)11-12-40-3/h5-6,13-17,20H,4,7-12H2,1-3H3,(H,33,34,35). The van der Waals surface area contributed by atoms with Crippen LogP contribution in [-0.4, -0.2) is 75.7 Å². The molecule has 1 aliphatic rings. The summed E-state index contributed by atoms with van der Waals surface area (Å²) in [5, 5.41) is 3.07. The van der Waals surface area contributed by atoms with Crippen LogP contribution in [0.3, 0.4) is 0 Å². The summed E-state index contributed by atoms with van der Waals surface area (Å²) in [7, 11) is 3.17. The second kappa shape index (κ2) is 11.9. The van der Waals surface area contributed by atoms with Crippen LogP contribution in [-0.2, 0) is 11.2 Å². The van der Waals surface area contributed by atoms with Gasteiger partial charge in [-0.15, -0.1) is 0 Å². The van der Waals surface area contributed by atoms with Crippen LogP contribution in [0.2, 0.25) is 0 Å². The highest BCUT2D eigenvalue weighted by atomic mass is 19.1. The van der Waals surface area contributed by atoms with Gasteiger partial charge in [-0.05, 0) is 43.0 Å². The van der Waals surface area contributed by atoms with Crippen LogP contribution in [0.15, 0.2) is 43.1 Å². The number of hydrogen-bond donors (Lipinski definition) is 1. The molecule has 40 heavy (non-hydrogen) atoms. The summed E-state index contributed by atoms with van der Waals surface area (Å²) in [5.41, 5.74) is 1.80. The number of likely N-dealkylation sites (N-methyl/N-ethyl adjacent to an activating group) is 1. The van der Waals surface area contributed by atoms with Crippen molar-refractivity contribution in [2.24, 2.45) is 0 Å². The van der Waals surface area contributed by atoms with Crippen molar-refractivity contribution >= 4 is 34.4 Å². The molecular weight excluding hydrogens is 518 g/mol. The maximum atomic E-state index is 15.3. The zero-order chi connectivity index (χ0) is 28.2. The second-order valence-electron chi connectivity index (χ2n) is 9.81. The van der Waals surface area contributed by atoms with Gasteiger partial charge in [0, 0.05) is 64.0 Å². The Morgan fingerprint density at radius 1 is 1.12 bits per heavy atom. The van der Waals surface area contributed by atoms with Gasteiger partial charge >= 0.3 is 0 Å². The Morgan fingerprint density at radius 3 is 2.55 bits per heavy atom. The maximum Gasteiger partial charge on any atom is 0.253 e. The third-order valence-electron chi connectivity index (χ3n) is 7.25. The SMILES string of the molecule is CCc1cnc(N2CCC(n3cc(F)c4c(Nc5ccc(C(=O)N(C)CCOC)cc5F)ncnc43)CC2)nc1. The summed E-state index contributed by atoms with van der Waals surface area (Å²) in [6.07, 6.45) is 8.88. The number of amides is 1. The second-order valence-corrected chi connectivity index (χ2v) is 9.81. The van der Waals surface area contributed by atoms with E-state index in [1.54, 1.807) is 14.2 Å². The number of carbonyl (C=O) groups is 1. The van der Waals surface area contributed by atoms with Gasteiger partial charge in [0.1, 0.15) is 23.6 Å². The molecule has 1 saturated heterocycles. The van der Waals surface area contributed by atoms with E-state index in [0.717, 1.165) is 44.0 Å². The van der Waals surface area contributed by atoms with Crippen LogP contribution < -0.4 is 10.2 Å². The fourth-order valence-corrected chi connectivity index (χ4v) is 4.88. The van der Waals surface area contributed by atoms with Crippen molar-refractivity contribution in [2.75, 3.05) is 50.6 Å². The molecule has 5 rings (SSSR count). The molecule has 0 saturated carbocycles. The number of nitrogens with zero attached hydrogens (tertiary/aromatic N) is 7. The molecule has 1 fully saturated rings. The van der Waals surface area contributed by atoms with Crippen molar-refractivity contribution in [3.63, 3.8) is 0 Å². The molecule has 0 bridgehead atoms. The van der Waals surface area contributed by atoms with Crippen LogP contribution in [0.1, 0.15) is 41.7 Å². The van der Waals surface area contributed by atoms with Gasteiger partial charge in [-0.25, -0.2) is 28.7 Å². The normalized spacial score (nSPS) is 14.1. The minimum Gasteiger partial charge on any atom is -0.383 e. The van der Waals surface area contributed by atoms with E-state index < -0.39 is 11.6 Å². The van der Waals surface area contributed by atoms with E-state index in [4.69, 9.17) is 4.74 Å². The molecule has 12 heteroatoms. The predicted octanol–water partition coefficient (Wildman–Crippen LogP) is 4.37. The smallest absolute Gasteiger partial charge is 0.253 e. The fraction of sp³-hybridized carbons (Fsp3) is 0.393. The van der Waals surface area contributed by atoms with E-state index in [1.165, 1.54) is 29.6 Å². The quantitative estimate of drug-likeness (QED) is 0.328. The fourth-order valence-electron chi connectivity index (χ4n) is 4.88. The van der Waals surface area contributed by atoms with Crippen molar-refractivity contribution < 1.29 is 18.3 Å². The molecule has 1 N–H and O–H groups in total. The lowest BCUT2D eigenvalue weighted by Gasteiger charge is -2.32. The molecule has 0 spiro atoms. The molecule has 4 aromatic rings. The van der Waals surface area contributed by atoms with E-state index in [9.17, 15) is 4.79 Å². The van der Waals surface area contributed by atoms with Gasteiger partial charge in [-0.2, -0.15) is 0 Å². The molecule has 1 aromatic carbocycles. The van der Waals surface area contributed by atoms with Crippen molar-refractivity contribution in [3.05, 3.63) is 65.9 Å². The van der Waals surface area contributed by atoms with Crippen LogP contribution in [0.4, 0.5) is 26.2 Å². The van der Waals surface area contributed by atoms with Gasteiger partial charge in [0.05, 0.1) is 17.7 Å². The Morgan fingerprint density at radius 2 is 1.88 bits per heavy atom. The van der Waals surface area contributed by atoms with Crippen molar-refractivity contribution in [2.45, 2.75) is 32.2 Å². The number of fused-ring (bicyclic) bond motifs is 1. The first-order valence-corrected chi connectivity index (χ1v) is 13.3. The monoisotopic (exact) mass is 550 g/mol. The first-order chi connectivity index (χ1) is 19.4. The Balaban J connectivity index is 1.32. The van der Waals surface area contributed by atoms with Gasteiger partial charge < -0.3 is 24.4 Å². The summed E-state index contributed by atoms with van der Waals surface area (Å²) >= 11 is 0. The molecule has 1 amide bonds. The molecule has 0 radical (unpaired) electrons. The Hall–Kier alpha value is -4.19. The van der Waals surface area contributed by atoms with Gasteiger partial charge in [-0.1, -0.05) is 6.92 Å². The summed E-state index contributed by atoms with van der Waals surface area (Å²) in [4.78, 5) is 33.7. The molecular formula is C28H32F2N8O2. The number of aryl methyl sites for hydroxylation is 1. The van der Waals surface area contributed by atoms with Gasteiger partial charge in [0.25, 0.3) is 5.91 Å². The summed E-state index contributed by atoms with van der Waals surface area (Å²) in [6, 6.07) is 4.14. The van der Waals surface area contributed by atoms with E-state index in [2.05, 4.69) is 37.1 Å². The lowest BCUT2D eigenvalue weighted by molar-refractivity contribution is 0.0744. The van der Waals surface area contributed by atoms with E-state index >= 15 is 8.78 Å². The minimum absolute atomic E-state index is 0.0260. The highest BCUT2D eigenvalue weighted by molar-refractivity contribution is 5.95. The van der Waals surface area contributed by atoms with Crippen molar-refractivity contribution in [1.29, 1.82) is 0 Å². The first kappa shape index (κ1) is 27.4. The summed E-state index contributed by atoms with van der Waals surface area (Å²) in [6.45, 7) is 4.27. The third kappa shape index (κ3) is 5.57. The third-order valence-corrected chi connectivity index (χ3v) is 7.25. The van der Waals surface area contributed by atoms with Crippen molar-refractivity contribution in [1.82, 2.24) is 29.4 Å². The lowest BCUT2D eigenvalue weighted by Crippen LogP contribution is -2.35. The molecule has 4 heterocycles. The molecule has 1 aliphatic heterocycles. The number of anilines is 3. The van der Waals surface area contributed by atoms with E-state index in [1.807, 2.05) is 17.0 Å². The van der Waals surface area contributed by atoms with E-state index in [-0.39, 0.29) is 34.4 Å². The molecule has 0 aliphatic carbocycles. The van der Waals surface area contributed by atoms with Crippen LogP contribution in [0.25, 0.3) is 11.0 Å². The number of halogens is 2. The number of aromatic nitrogens is 5. The Labute approximate surface area is 231 Å². The minimum atomic E-state index is -0.654. The van der Waals surface area contributed by atoms with Gasteiger partial charge in [-0.3, -0.25) is 4.79 Å². The first-order valence-electron chi connectivity index (χ1n) is 13.3. The number of hydrogen-bond acceptors (Lipinski definition) is 8. The highest BCUT2D eigenvalue weighted by Crippen LogP contribution is 2.33. The van der Waals surface area contributed by atoms with Crippen LogP contribution >= 0.6 is 0 Å². The zero-order valence-electron chi connectivity index (χ0n) is 22.8. The lowest BCUT2D eigenvalue weighted by atomic mass is 10.1. The summed E-state index contributed by atoms with van der Waals surface area (Å²) in [5.74, 6) is -0.626. The molecule has 3 aromatic heterocycles. The number of rotatable bonds is 9. The average Bonchev–Trinajstić information content (AvgIpc) is 3.33. The predicted molar refractivity (Wildman–Crippen MR) is 148 cm³/mol. The topological polar surface area (TPSA) is 101 Å². The molecule has 0 unspecified atom stereocenters. The van der Waals surface area contributed by atoms with E-state index in [0.29, 0.717) is 24.7 Å². The number of carbonyl (C=O) groups excluding carboxylic acids is 1. The largest absolute Gasteiger partial charge is 0.383 e. The van der Waals surface area contributed by atoms with Crippen molar-refractivity contribution in [3.8, 4) is 0 Å². The highest BCUT2D eigenvalue weighted by Gasteiger charge is 2.26. The maximum absolute atomic E-state index is 15.3. The molecule has 210 valence electrons. The zero-order valence-corrected chi connectivity index (χ0v) is 22.8. The number of nitrogens with one attached hydrogen (secondary N) is 1. The van der Waals surface area contributed by atoms with Gasteiger partial charge in [0.2, 0.25) is 5.95 Å². The van der Waals surface area contributed by atoms with Crippen LogP contribution in [0, 0.1) is 11.6 Å². The number of benzene rings is 1. The molecule has 10 nitrogen and oxygen atoms in total. The number of piperidine rings is 1.